The van der Waals surface area contributed by atoms with Gasteiger partial charge in [0, 0.05) is 5.03 Å². The molecule has 0 aliphatic heterocycles. The summed E-state index contributed by atoms with van der Waals surface area (Å²) in [6.45, 7) is 6.57. The van der Waals surface area contributed by atoms with Crippen molar-refractivity contribution in [3.8, 4) is 0 Å². The Balaban J connectivity index is 2.79. The lowest BCUT2D eigenvalue weighted by atomic mass is 9.94. The van der Waals surface area contributed by atoms with Gasteiger partial charge in [-0.05, 0) is 37.7 Å². The van der Waals surface area contributed by atoms with Crippen LogP contribution in [0.1, 0.15) is 33.6 Å². The molecule has 1 rings (SSSR count). The molecule has 1 unspecified atom stereocenters. The van der Waals surface area contributed by atoms with E-state index >= 15 is 0 Å². The monoisotopic (exact) mass is 184 g/mol. The highest BCUT2D eigenvalue weighted by Crippen LogP contribution is 2.30. The molecule has 0 radical (unpaired) electrons. The summed E-state index contributed by atoms with van der Waals surface area (Å²) in [6.07, 6.45) is 6.86. The summed E-state index contributed by atoms with van der Waals surface area (Å²) in [5.41, 5.74) is 1.32. The van der Waals surface area contributed by atoms with Gasteiger partial charge in [0.05, 0.1) is 0 Å². The molecule has 0 aromatic carbocycles. The van der Waals surface area contributed by atoms with E-state index in [0.717, 1.165) is 5.03 Å². The highest BCUT2D eigenvalue weighted by atomic mass is 35.5. The first-order valence-corrected chi connectivity index (χ1v) is 5.06. The van der Waals surface area contributed by atoms with Crippen molar-refractivity contribution in [3.63, 3.8) is 0 Å². The third kappa shape index (κ3) is 2.38. The van der Waals surface area contributed by atoms with Crippen LogP contribution in [0.4, 0.5) is 0 Å². The molecule has 1 aliphatic carbocycles. The van der Waals surface area contributed by atoms with Crippen molar-refractivity contribution in [2.24, 2.45) is 11.8 Å². The highest BCUT2D eigenvalue weighted by molar-refractivity contribution is 6.30. The van der Waals surface area contributed by atoms with E-state index in [1.165, 1.54) is 18.4 Å². The third-order valence-electron chi connectivity index (χ3n) is 2.52. The summed E-state index contributed by atoms with van der Waals surface area (Å²) in [4.78, 5) is 0. The van der Waals surface area contributed by atoms with Gasteiger partial charge in [-0.25, -0.2) is 0 Å². The van der Waals surface area contributed by atoms with E-state index in [1.807, 2.05) is 0 Å². The first-order valence-electron chi connectivity index (χ1n) is 4.69. The number of hydrogen-bond acceptors (Lipinski definition) is 0. The van der Waals surface area contributed by atoms with Crippen molar-refractivity contribution < 1.29 is 0 Å². The Morgan fingerprint density at radius 1 is 1.58 bits per heavy atom. The fourth-order valence-corrected chi connectivity index (χ4v) is 1.96. The van der Waals surface area contributed by atoms with Crippen molar-refractivity contribution in [1.82, 2.24) is 0 Å². The molecule has 0 spiro atoms. The second kappa shape index (κ2) is 4.13. The number of rotatable bonds is 1. The second-order valence-corrected chi connectivity index (χ2v) is 4.18. The van der Waals surface area contributed by atoms with Crippen molar-refractivity contribution in [3.05, 3.63) is 22.8 Å². The third-order valence-corrected chi connectivity index (χ3v) is 3.00. The average molecular weight is 185 g/mol. The number of allylic oxidation sites excluding steroid dienone is 4. The quantitative estimate of drug-likeness (QED) is 0.575. The lowest BCUT2D eigenvalue weighted by Crippen LogP contribution is -2.01. The van der Waals surface area contributed by atoms with Crippen LogP contribution in [-0.2, 0) is 0 Å². The van der Waals surface area contributed by atoms with E-state index in [2.05, 4.69) is 32.9 Å². The SMILES string of the molecule is CCC1C=C(C)C=C(Cl)[C@@H](C)C1. The Hall–Kier alpha value is -0.230. The van der Waals surface area contributed by atoms with E-state index in [0.29, 0.717) is 11.8 Å². The Morgan fingerprint density at radius 2 is 2.25 bits per heavy atom. The first-order chi connectivity index (χ1) is 5.63. The molecule has 1 heteroatoms. The van der Waals surface area contributed by atoms with Crippen LogP contribution < -0.4 is 0 Å². The lowest BCUT2D eigenvalue weighted by molar-refractivity contribution is 0.495. The molecule has 0 bridgehead atoms. The Labute approximate surface area is 80.3 Å². The summed E-state index contributed by atoms with van der Waals surface area (Å²) in [6, 6.07) is 0. The van der Waals surface area contributed by atoms with Gasteiger partial charge in [0.15, 0.2) is 0 Å². The summed E-state index contributed by atoms with van der Waals surface area (Å²) < 4.78 is 0. The molecule has 0 heterocycles. The standard InChI is InChI=1S/C11H17Cl/c1-4-10-5-8(2)6-11(12)9(3)7-10/h5-6,9-10H,4,7H2,1-3H3/t9-,10?/m0/s1. The second-order valence-electron chi connectivity index (χ2n) is 3.74. The Bertz CT molecular complexity index is 213. The zero-order chi connectivity index (χ0) is 9.14. The maximum absolute atomic E-state index is 6.11. The maximum Gasteiger partial charge on any atom is 0.0211 e. The van der Waals surface area contributed by atoms with E-state index in [4.69, 9.17) is 11.6 Å². The zero-order valence-electron chi connectivity index (χ0n) is 8.10. The molecule has 0 nitrogen and oxygen atoms in total. The molecule has 0 saturated heterocycles. The zero-order valence-corrected chi connectivity index (χ0v) is 8.86. The molecule has 0 aromatic heterocycles. The molecule has 68 valence electrons. The summed E-state index contributed by atoms with van der Waals surface area (Å²) >= 11 is 6.11. The highest BCUT2D eigenvalue weighted by Gasteiger charge is 2.15. The van der Waals surface area contributed by atoms with Gasteiger partial charge in [-0.1, -0.05) is 37.1 Å². The fraction of sp³-hybridized carbons (Fsp3) is 0.636. The minimum atomic E-state index is 0.533. The summed E-state index contributed by atoms with van der Waals surface area (Å²) in [5.74, 6) is 1.25. The van der Waals surface area contributed by atoms with Gasteiger partial charge in [0.25, 0.3) is 0 Å². The van der Waals surface area contributed by atoms with E-state index in [1.54, 1.807) is 0 Å². The van der Waals surface area contributed by atoms with E-state index in [-0.39, 0.29) is 0 Å². The molecule has 0 N–H and O–H groups in total. The van der Waals surface area contributed by atoms with Crippen LogP contribution in [0.3, 0.4) is 0 Å². The van der Waals surface area contributed by atoms with Crippen LogP contribution in [0.25, 0.3) is 0 Å². The van der Waals surface area contributed by atoms with Gasteiger partial charge >= 0.3 is 0 Å². The molecule has 2 atom stereocenters. The van der Waals surface area contributed by atoms with Crippen molar-refractivity contribution in [2.75, 3.05) is 0 Å². The van der Waals surface area contributed by atoms with Crippen LogP contribution in [0, 0.1) is 11.8 Å². The van der Waals surface area contributed by atoms with Crippen molar-refractivity contribution in [2.45, 2.75) is 33.6 Å². The summed E-state index contributed by atoms with van der Waals surface area (Å²) in [7, 11) is 0. The van der Waals surface area contributed by atoms with Crippen molar-refractivity contribution >= 4 is 11.6 Å². The number of hydrogen-bond donors (Lipinski definition) is 0. The van der Waals surface area contributed by atoms with Crippen molar-refractivity contribution in [1.29, 1.82) is 0 Å². The molecular weight excluding hydrogens is 168 g/mol. The minimum Gasteiger partial charge on any atom is -0.0888 e. The Kier molecular flexibility index (Phi) is 3.39. The molecule has 0 saturated carbocycles. The minimum absolute atomic E-state index is 0.533. The molecule has 12 heavy (non-hydrogen) atoms. The molecule has 0 fully saturated rings. The average Bonchev–Trinajstić information content (AvgIpc) is 2.12. The predicted molar refractivity (Wildman–Crippen MR) is 55.3 cm³/mol. The Morgan fingerprint density at radius 3 is 2.83 bits per heavy atom. The van der Waals surface area contributed by atoms with Gasteiger partial charge in [0.2, 0.25) is 0 Å². The van der Waals surface area contributed by atoms with Gasteiger partial charge in [-0.2, -0.15) is 0 Å². The molecule has 0 aromatic rings. The first kappa shape index (κ1) is 9.85. The molecule has 0 amide bonds. The van der Waals surface area contributed by atoms with E-state index in [9.17, 15) is 0 Å². The van der Waals surface area contributed by atoms with Gasteiger partial charge in [-0.15, -0.1) is 0 Å². The van der Waals surface area contributed by atoms with Crippen LogP contribution >= 0.6 is 11.6 Å². The van der Waals surface area contributed by atoms with Crippen LogP contribution in [0.15, 0.2) is 22.8 Å². The van der Waals surface area contributed by atoms with E-state index < -0.39 is 0 Å². The van der Waals surface area contributed by atoms with Gasteiger partial charge in [-0.3, -0.25) is 0 Å². The van der Waals surface area contributed by atoms with Gasteiger partial charge in [0.1, 0.15) is 0 Å². The smallest absolute Gasteiger partial charge is 0.0211 e. The topological polar surface area (TPSA) is 0 Å². The lowest BCUT2D eigenvalue weighted by Gasteiger charge is -2.13. The normalized spacial score (nSPS) is 30.7. The maximum atomic E-state index is 6.11. The van der Waals surface area contributed by atoms with Gasteiger partial charge < -0.3 is 0 Å². The van der Waals surface area contributed by atoms with Crippen LogP contribution in [0.2, 0.25) is 0 Å². The number of halogens is 1. The fourth-order valence-electron chi connectivity index (χ4n) is 1.70. The molecule has 1 aliphatic rings. The van der Waals surface area contributed by atoms with Crippen LogP contribution in [0.5, 0.6) is 0 Å². The largest absolute Gasteiger partial charge is 0.0888 e. The summed E-state index contributed by atoms with van der Waals surface area (Å²) in [5, 5.41) is 1.01. The predicted octanol–water partition coefficient (Wildman–Crippen LogP) is 4.12. The molecular formula is C11H17Cl. The van der Waals surface area contributed by atoms with Crippen LogP contribution in [-0.4, -0.2) is 0 Å².